The second-order valence-corrected chi connectivity index (χ2v) is 4.78. The van der Waals surface area contributed by atoms with Crippen LogP contribution in [0.2, 0.25) is 0 Å². The number of pyridine rings is 1. The van der Waals surface area contributed by atoms with Crippen LogP contribution in [-0.4, -0.2) is 21.2 Å². The Kier molecular flexibility index (Phi) is 3.57. The lowest BCUT2D eigenvalue weighted by molar-refractivity contribution is -0.114. The van der Waals surface area contributed by atoms with Gasteiger partial charge in [-0.2, -0.15) is 0 Å². The first kappa shape index (κ1) is 13.8. The van der Waals surface area contributed by atoms with E-state index >= 15 is 0 Å². The summed E-state index contributed by atoms with van der Waals surface area (Å²) in [6.07, 6.45) is 3.38. The minimum absolute atomic E-state index is 0.161. The Balaban J connectivity index is 1.85. The summed E-state index contributed by atoms with van der Waals surface area (Å²) < 4.78 is 1.72. The van der Waals surface area contributed by atoms with E-state index in [1.54, 1.807) is 53.2 Å². The van der Waals surface area contributed by atoms with Gasteiger partial charge in [0.25, 0.3) is 5.91 Å². The number of benzene rings is 1. The Morgan fingerprint density at radius 2 is 1.77 bits per heavy atom. The molecule has 2 N–H and O–H groups in total. The van der Waals surface area contributed by atoms with Gasteiger partial charge in [-0.15, -0.1) is 0 Å². The van der Waals surface area contributed by atoms with Crippen molar-refractivity contribution in [2.24, 2.45) is 0 Å². The summed E-state index contributed by atoms with van der Waals surface area (Å²) in [4.78, 5) is 27.6. The number of amides is 2. The van der Waals surface area contributed by atoms with Crippen molar-refractivity contribution in [1.29, 1.82) is 0 Å². The highest BCUT2D eigenvalue weighted by atomic mass is 16.2. The number of aromatic nitrogens is 2. The van der Waals surface area contributed by atoms with Crippen molar-refractivity contribution in [3.8, 4) is 0 Å². The van der Waals surface area contributed by atoms with Gasteiger partial charge in [-0.05, 0) is 30.3 Å². The Hall–Kier alpha value is -3.15. The maximum absolute atomic E-state index is 12.4. The van der Waals surface area contributed by atoms with Crippen molar-refractivity contribution in [3.05, 3.63) is 60.6 Å². The van der Waals surface area contributed by atoms with Crippen molar-refractivity contribution in [2.75, 3.05) is 10.6 Å². The number of imidazole rings is 1. The van der Waals surface area contributed by atoms with Gasteiger partial charge in [0.2, 0.25) is 5.91 Å². The molecule has 0 aliphatic carbocycles. The summed E-state index contributed by atoms with van der Waals surface area (Å²) in [6.45, 7) is 1.44. The molecule has 3 rings (SSSR count). The van der Waals surface area contributed by atoms with Crippen LogP contribution >= 0.6 is 0 Å². The number of hydrogen-bond donors (Lipinski definition) is 2. The molecule has 0 radical (unpaired) electrons. The molecule has 110 valence electrons. The van der Waals surface area contributed by atoms with Gasteiger partial charge in [-0.25, -0.2) is 4.98 Å². The smallest absolute Gasteiger partial charge is 0.272 e. The highest BCUT2D eigenvalue weighted by Gasteiger charge is 2.10. The number of carbonyl (C=O) groups is 2. The molecule has 22 heavy (non-hydrogen) atoms. The van der Waals surface area contributed by atoms with Gasteiger partial charge in [-0.1, -0.05) is 12.1 Å². The molecular formula is C16H14N4O2. The van der Waals surface area contributed by atoms with Gasteiger partial charge in [-0.3, -0.25) is 14.0 Å². The summed E-state index contributed by atoms with van der Waals surface area (Å²) in [7, 11) is 0. The first-order valence-electron chi connectivity index (χ1n) is 6.74. The fourth-order valence-electron chi connectivity index (χ4n) is 2.21. The Bertz CT molecular complexity index is 854. The minimum Gasteiger partial charge on any atom is -0.326 e. The minimum atomic E-state index is -0.247. The number of anilines is 2. The van der Waals surface area contributed by atoms with Crippen LogP contribution < -0.4 is 10.6 Å². The van der Waals surface area contributed by atoms with E-state index in [9.17, 15) is 9.59 Å². The third kappa shape index (κ3) is 2.80. The number of rotatable bonds is 3. The van der Waals surface area contributed by atoms with Crippen molar-refractivity contribution < 1.29 is 9.59 Å². The maximum atomic E-state index is 12.4. The number of fused-ring (bicyclic) bond motifs is 1. The van der Waals surface area contributed by atoms with Crippen LogP contribution in [0.3, 0.4) is 0 Å². The molecule has 0 spiro atoms. The third-order valence-electron chi connectivity index (χ3n) is 3.10. The fourth-order valence-corrected chi connectivity index (χ4v) is 2.21. The van der Waals surface area contributed by atoms with Crippen LogP contribution in [0.4, 0.5) is 11.4 Å². The molecule has 6 nitrogen and oxygen atoms in total. The van der Waals surface area contributed by atoms with Crippen molar-refractivity contribution in [3.63, 3.8) is 0 Å². The molecule has 0 fully saturated rings. The molecular weight excluding hydrogens is 280 g/mol. The highest BCUT2D eigenvalue weighted by molar-refractivity contribution is 6.04. The number of nitrogens with zero attached hydrogens (tertiary/aromatic N) is 2. The monoisotopic (exact) mass is 294 g/mol. The molecule has 0 aliphatic rings. The van der Waals surface area contributed by atoms with E-state index in [0.29, 0.717) is 22.7 Å². The lowest BCUT2D eigenvalue weighted by atomic mass is 10.2. The second kappa shape index (κ2) is 5.69. The zero-order valence-corrected chi connectivity index (χ0v) is 11.9. The summed E-state index contributed by atoms with van der Waals surface area (Å²) >= 11 is 0. The van der Waals surface area contributed by atoms with Gasteiger partial charge >= 0.3 is 0 Å². The predicted molar refractivity (Wildman–Crippen MR) is 83.9 cm³/mol. The van der Waals surface area contributed by atoms with Crippen molar-refractivity contribution in [2.45, 2.75) is 6.92 Å². The Labute approximate surface area is 126 Å². The molecule has 0 saturated heterocycles. The Morgan fingerprint density at radius 1 is 1.05 bits per heavy atom. The SMILES string of the molecule is CC(=O)Nc1cccc(NC(=O)c2cccc3nccn23)c1. The average Bonchev–Trinajstić information content (AvgIpc) is 2.95. The van der Waals surface area contributed by atoms with Gasteiger partial charge in [0.1, 0.15) is 11.3 Å². The molecule has 1 aromatic carbocycles. The Morgan fingerprint density at radius 3 is 2.55 bits per heavy atom. The van der Waals surface area contributed by atoms with Crippen LogP contribution in [0.5, 0.6) is 0 Å². The topological polar surface area (TPSA) is 75.5 Å². The van der Waals surface area contributed by atoms with E-state index in [4.69, 9.17) is 0 Å². The standard InChI is InChI=1S/C16H14N4O2/c1-11(21)18-12-4-2-5-13(10-12)19-16(22)14-6-3-7-15-17-8-9-20(14)15/h2-10H,1H3,(H,18,21)(H,19,22). The number of nitrogens with one attached hydrogen (secondary N) is 2. The first-order valence-corrected chi connectivity index (χ1v) is 6.74. The first-order chi connectivity index (χ1) is 10.6. The summed E-state index contributed by atoms with van der Waals surface area (Å²) in [6, 6.07) is 12.3. The van der Waals surface area contributed by atoms with Crippen molar-refractivity contribution in [1.82, 2.24) is 9.38 Å². The number of carbonyl (C=O) groups excluding carboxylic acids is 2. The molecule has 0 saturated carbocycles. The molecule has 0 atom stereocenters. The van der Waals surface area contributed by atoms with Crippen LogP contribution in [0.1, 0.15) is 17.4 Å². The van der Waals surface area contributed by atoms with Gasteiger partial charge in [0.05, 0.1) is 0 Å². The van der Waals surface area contributed by atoms with Crippen molar-refractivity contribution >= 4 is 28.8 Å². The molecule has 0 bridgehead atoms. The number of hydrogen-bond acceptors (Lipinski definition) is 3. The third-order valence-corrected chi connectivity index (χ3v) is 3.10. The maximum Gasteiger partial charge on any atom is 0.272 e. The molecule has 0 unspecified atom stereocenters. The molecule has 2 aromatic heterocycles. The molecule has 3 aromatic rings. The lowest BCUT2D eigenvalue weighted by Gasteiger charge is -2.09. The zero-order chi connectivity index (χ0) is 15.5. The fraction of sp³-hybridized carbons (Fsp3) is 0.0625. The molecule has 6 heteroatoms. The lowest BCUT2D eigenvalue weighted by Crippen LogP contribution is -2.15. The van der Waals surface area contributed by atoms with Crippen LogP contribution in [0, 0.1) is 0 Å². The quantitative estimate of drug-likeness (QED) is 0.779. The zero-order valence-electron chi connectivity index (χ0n) is 11.9. The van der Waals surface area contributed by atoms with E-state index < -0.39 is 0 Å². The molecule has 2 amide bonds. The summed E-state index contributed by atoms with van der Waals surface area (Å²) in [5.74, 6) is -0.407. The predicted octanol–water partition coefficient (Wildman–Crippen LogP) is 2.54. The second-order valence-electron chi connectivity index (χ2n) is 4.78. The summed E-state index contributed by atoms with van der Waals surface area (Å²) in [5.41, 5.74) is 2.43. The van der Waals surface area contributed by atoms with E-state index in [2.05, 4.69) is 15.6 Å². The van der Waals surface area contributed by atoms with Crippen LogP contribution in [0.15, 0.2) is 54.9 Å². The van der Waals surface area contributed by atoms with Crippen LogP contribution in [0.25, 0.3) is 5.65 Å². The summed E-state index contributed by atoms with van der Waals surface area (Å²) in [5, 5.41) is 5.49. The van der Waals surface area contributed by atoms with Gasteiger partial charge < -0.3 is 10.6 Å². The van der Waals surface area contributed by atoms with Gasteiger partial charge in [0.15, 0.2) is 0 Å². The van der Waals surface area contributed by atoms with E-state index in [-0.39, 0.29) is 11.8 Å². The van der Waals surface area contributed by atoms with Crippen LogP contribution in [-0.2, 0) is 4.79 Å². The molecule has 0 aliphatic heterocycles. The van der Waals surface area contributed by atoms with E-state index in [0.717, 1.165) is 0 Å². The molecule has 2 heterocycles. The highest BCUT2D eigenvalue weighted by Crippen LogP contribution is 2.16. The normalized spacial score (nSPS) is 10.4. The van der Waals surface area contributed by atoms with E-state index in [1.807, 2.05) is 6.07 Å². The van der Waals surface area contributed by atoms with Gasteiger partial charge in [0, 0.05) is 30.7 Å². The largest absolute Gasteiger partial charge is 0.326 e. The van der Waals surface area contributed by atoms with E-state index in [1.165, 1.54) is 6.92 Å². The average molecular weight is 294 g/mol.